The number of benzene rings is 1. The van der Waals surface area contributed by atoms with Crippen LogP contribution in [-0.2, 0) is 16.0 Å². The molecule has 2 aromatic rings. The zero-order valence-corrected chi connectivity index (χ0v) is 11.0. The van der Waals surface area contributed by atoms with E-state index in [1.54, 1.807) is 36.7 Å². The number of pyridine rings is 1. The van der Waals surface area contributed by atoms with Crippen LogP contribution in [0.1, 0.15) is 5.56 Å². The minimum absolute atomic E-state index is 0.114. The predicted molar refractivity (Wildman–Crippen MR) is 75.2 cm³/mol. The summed E-state index contributed by atoms with van der Waals surface area (Å²) in [5, 5.41) is 0. The van der Waals surface area contributed by atoms with Crippen molar-refractivity contribution in [2.75, 3.05) is 18.9 Å². The van der Waals surface area contributed by atoms with Crippen LogP contribution in [0.4, 0.5) is 5.69 Å². The highest BCUT2D eigenvalue weighted by molar-refractivity contribution is 5.71. The number of ether oxygens (including phenoxy) is 2. The molecule has 0 radical (unpaired) electrons. The van der Waals surface area contributed by atoms with Crippen LogP contribution in [0.2, 0.25) is 0 Å². The van der Waals surface area contributed by atoms with E-state index in [2.05, 4.69) is 4.98 Å². The molecule has 0 aliphatic carbocycles. The van der Waals surface area contributed by atoms with Crippen molar-refractivity contribution in [2.45, 2.75) is 6.42 Å². The first kappa shape index (κ1) is 13.9. The molecule has 104 valence electrons. The highest BCUT2D eigenvalue weighted by Gasteiger charge is 2.04. The lowest BCUT2D eigenvalue weighted by Gasteiger charge is -2.07. The summed E-state index contributed by atoms with van der Waals surface area (Å²) in [7, 11) is 0. The van der Waals surface area contributed by atoms with Crippen LogP contribution in [-0.4, -0.2) is 24.2 Å². The Hall–Kier alpha value is -2.56. The van der Waals surface area contributed by atoms with E-state index in [1.807, 2.05) is 12.1 Å². The fourth-order valence-corrected chi connectivity index (χ4v) is 1.58. The van der Waals surface area contributed by atoms with Crippen molar-refractivity contribution in [3.05, 3.63) is 54.4 Å². The quantitative estimate of drug-likeness (QED) is 0.641. The Kier molecular flexibility index (Phi) is 4.94. The molecule has 0 atom stereocenters. The molecule has 2 rings (SSSR count). The predicted octanol–water partition coefficient (Wildman–Crippen LogP) is 1.83. The van der Waals surface area contributed by atoms with Gasteiger partial charge >= 0.3 is 5.97 Å². The maximum atomic E-state index is 11.5. The fraction of sp³-hybridized carbons (Fsp3) is 0.200. The number of nitrogens with two attached hydrogens (primary N) is 1. The maximum Gasteiger partial charge on any atom is 0.344 e. The van der Waals surface area contributed by atoms with E-state index in [0.717, 1.165) is 5.56 Å². The maximum absolute atomic E-state index is 11.5. The molecule has 5 nitrogen and oxygen atoms in total. The first-order valence-corrected chi connectivity index (χ1v) is 6.27. The SMILES string of the molecule is Nc1ccc(OCC(=O)OCCc2cccnc2)cc1. The molecule has 1 aromatic heterocycles. The van der Waals surface area contributed by atoms with E-state index in [9.17, 15) is 4.79 Å². The molecule has 0 saturated carbocycles. The van der Waals surface area contributed by atoms with E-state index in [1.165, 1.54) is 0 Å². The van der Waals surface area contributed by atoms with Gasteiger partial charge in [0.05, 0.1) is 6.61 Å². The second kappa shape index (κ2) is 7.13. The van der Waals surface area contributed by atoms with Crippen LogP contribution >= 0.6 is 0 Å². The average molecular weight is 272 g/mol. The summed E-state index contributed by atoms with van der Waals surface area (Å²) in [5.74, 6) is 0.189. The number of carbonyl (C=O) groups excluding carboxylic acids is 1. The van der Waals surface area contributed by atoms with E-state index >= 15 is 0 Å². The van der Waals surface area contributed by atoms with Crippen LogP contribution in [0, 0.1) is 0 Å². The molecule has 0 spiro atoms. The molecular weight excluding hydrogens is 256 g/mol. The van der Waals surface area contributed by atoms with Gasteiger partial charge in [-0.3, -0.25) is 4.98 Å². The van der Waals surface area contributed by atoms with Crippen LogP contribution < -0.4 is 10.5 Å². The van der Waals surface area contributed by atoms with Crippen LogP contribution in [0.3, 0.4) is 0 Å². The van der Waals surface area contributed by atoms with Gasteiger partial charge < -0.3 is 15.2 Å². The highest BCUT2D eigenvalue weighted by Crippen LogP contribution is 2.12. The first-order chi connectivity index (χ1) is 9.74. The topological polar surface area (TPSA) is 74.4 Å². The lowest BCUT2D eigenvalue weighted by Crippen LogP contribution is -2.16. The van der Waals surface area contributed by atoms with Gasteiger partial charge in [0.15, 0.2) is 6.61 Å². The van der Waals surface area contributed by atoms with E-state index < -0.39 is 5.97 Å². The molecule has 0 aliphatic rings. The van der Waals surface area contributed by atoms with Crippen molar-refractivity contribution in [3.8, 4) is 5.75 Å². The summed E-state index contributed by atoms with van der Waals surface area (Å²) in [6.07, 6.45) is 4.09. The molecule has 0 fully saturated rings. The van der Waals surface area contributed by atoms with Gasteiger partial charge in [-0.15, -0.1) is 0 Å². The third-order valence-electron chi connectivity index (χ3n) is 2.61. The Morgan fingerprint density at radius 3 is 2.70 bits per heavy atom. The van der Waals surface area contributed by atoms with Gasteiger partial charge in [-0.25, -0.2) is 4.79 Å². The van der Waals surface area contributed by atoms with Crippen LogP contribution in [0.5, 0.6) is 5.75 Å². The number of hydrogen-bond donors (Lipinski definition) is 1. The summed E-state index contributed by atoms with van der Waals surface area (Å²) in [6, 6.07) is 10.6. The summed E-state index contributed by atoms with van der Waals surface area (Å²) in [4.78, 5) is 15.5. The standard InChI is InChI=1S/C15H16N2O3/c16-13-3-5-14(6-4-13)20-11-15(18)19-9-7-12-2-1-8-17-10-12/h1-6,8,10H,7,9,11,16H2. The van der Waals surface area contributed by atoms with Gasteiger partial charge in [-0.2, -0.15) is 0 Å². The molecule has 0 aliphatic heterocycles. The molecule has 20 heavy (non-hydrogen) atoms. The Labute approximate surface area is 117 Å². The Morgan fingerprint density at radius 1 is 1.20 bits per heavy atom. The number of nitrogens with zero attached hydrogens (tertiary/aromatic N) is 1. The van der Waals surface area contributed by atoms with Crippen LogP contribution in [0.25, 0.3) is 0 Å². The highest BCUT2D eigenvalue weighted by atomic mass is 16.6. The largest absolute Gasteiger partial charge is 0.482 e. The number of hydrogen-bond acceptors (Lipinski definition) is 5. The Bertz CT molecular complexity index is 541. The number of rotatable bonds is 6. The average Bonchev–Trinajstić information content (AvgIpc) is 2.48. The molecule has 1 heterocycles. The van der Waals surface area contributed by atoms with Gasteiger partial charge in [0.1, 0.15) is 5.75 Å². The smallest absolute Gasteiger partial charge is 0.344 e. The van der Waals surface area contributed by atoms with E-state index in [0.29, 0.717) is 24.5 Å². The molecule has 0 unspecified atom stereocenters. The molecule has 0 bridgehead atoms. The lowest BCUT2D eigenvalue weighted by molar-refractivity contribution is -0.145. The first-order valence-electron chi connectivity index (χ1n) is 6.27. The van der Waals surface area contributed by atoms with Gasteiger partial charge in [0.2, 0.25) is 0 Å². The zero-order valence-electron chi connectivity index (χ0n) is 11.0. The molecule has 0 saturated heterocycles. The molecular formula is C15H16N2O3. The zero-order chi connectivity index (χ0) is 14.2. The third-order valence-corrected chi connectivity index (χ3v) is 2.61. The second-order valence-electron chi connectivity index (χ2n) is 4.19. The third kappa shape index (κ3) is 4.61. The van der Waals surface area contributed by atoms with Gasteiger partial charge in [-0.05, 0) is 35.9 Å². The number of esters is 1. The van der Waals surface area contributed by atoms with E-state index in [4.69, 9.17) is 15.2 Å². The van der Waals surface area contributed by atoms with Crippen molar-refractivity contribution >= 4 is 11.7 Å². The van der Waals surface area contributed by atoms with E-state index in [-0.39, 0.29) is 6.61 Å². The minimum atomic E-state index is -0.397. The number of aromatic nitrogens is 1. The molecule has 0 amide bonds. The lowest BCUT2D eigenvalue weighted by atomic mass is 10.2. The van der Waals surface area contributed by atoms with Gasteiger partial charge in [-0.1, -0.05) is 6.07 Å². The Balaban J connectivity index is 1.67. The molecule has 5 heteroatoms. The molecule has 1 aromatic carbocycles. The fourth-order valence-electron chi connectivity index (χ4n) is 1.58. The van der Waals surface area contributed by atoms with Crippen molar-refractivity contribution < 1.29 is 14.3 Å². The molecule has 2 N–H and O–H groups in total. The summed E-state index contributed by atoms with van der Waals surface area (Å²) in [6.45, 7) is 0.201. The van der Waals surface area contributed by atoms with Crippen molar-refractivity contribution in [2.24, 2.45) is 0 Å². The summed E-state index contributed by atoms with van der Waals surface area (Å²) in [5.41, 5.74) is 7.23. The number of anilines is 1. The van der Waals surface area contributed by atoms with Gasteiger partial charge in [0.25, 0.3) is 0 Å². The second-order valence-corrected chi connectivity index (χ2v) is 4.19. The summed E-state index contributed by atoms with van der Waals surface area (Å²) < 4.78 is 10.4. The monoisotopic (exact) mass is 272 g/mol. The number of nitrogen functional groups attached to an aromatic ring is 1. The minimum Gasteiger partial charge on any atom is -0.482 e. The van der Waals surface area contributed by atoms with Crippen molar-refractivity contribution in [1.29, 1.82) is 0 Å². The Morgan fingerprint density at radius 2 is 2.00 bits per heavy atom. The normalized spacial score (nSPS) is 10.0. The number of carbonyl (C=O) groups is 1. The summed E-state index contributed by atoms with van der Waals surface area (Å²) >= 11 is 0. The van der Waals surface area contributed by atoms with Crippen molar-refractivity contribution in [3.63, 3.8) is 0 Å². The van der Waals surface area contributed by atoms with Crippen LogP contribution in [0.15, 0.2) is 48.8 Å². The van der Waals surface area contributed by atoms with Gasteiger partial charge in [0, 0.05) is 24.5 Å². The van der Waals surface area contributed by atoms with Crippen molar-refractivity contribution in [1.82, 2.24) is 4.98 Å².